The van der Waals surface area contributed by atoms with Crippen LogP contribution < -0.4 is 0 Å². The summed E-state index contributed by atoms with van der Waals surface area (Å²) in [7, 11) is 0. The van der Waals surface area contributed by atoms with E-state index >= 15 is 0 Å². The molecule has 0 saturated carbocycles. The van der Waals surface area contributed by atoms with Gasteiger partial charge in [0.15, 0.2) is 0 Å². The Balaban J connectivity index is -0.000000313. The smallest absolute Gasteiger partial charge is 0.310 e. The van der Waals surface area contributed by atoms with Crippen LogP contribution in [0.1, 0.15) is 33.1 Å². The van der Waals surface area contributed by atoms with Crippen molar-refractivity contribution in [2.45, 2.75) is 39.5 Å². The Morgan fingerprint density at radius 1 is 1.48 bits per heavy atom. The van der Waals surface area contributed by atoms with E-state index < -0.39 is 19.0 Å². The minimum Gasteiger partial charge on any atom is -0.481 e. The summed E-state index contributed by atoms with van der Waals surface area (Å²) in [4.78, 5) is 10.6. The summed E-state index contributed by atoms with van der Waals surface area (Å²) in [6.45, 7) is 6.48. The number of hydrogen-bond donors (Lipinski definition) is 1. The molecule has 1 N–H and O–H groups in total. The topological polar surface area (TPSA) is 46.5 Å². The number of aliphatic carboxylic acids is 1. The first-order valence-electron chi connectivity index (χ1n) is 7.16. The van der Waals surface area contributed by atoms with Crippen molar-refractivity contribution in [3.05, 3.63) is 24.8 Å². The SMILES string of the molecule is C#CC.C/C=C/C(CCCCCl)C(=O)O.C=CCOCC(F)F. The van der Waals surface area contributed by atoms with Crippen LogP contribution in [0.3, 0.4) is 0 Å². The van der Waals surface area contributed by atoms with Crippen molar-refractivity contribution in [1.82, 2.24) is 0 Å². The predicted octanol–water partition coefficient (Wildman–Crippen LogP) is 4.77. The Bertz CT molecular complexity index is 339. The van der Waals surface area contributed by atoms with Crippen LogP contribution in [0.4, 0.5) is 8.78 Å². The fourth-order valence-electron chi connectivity index (χ4n) is 1.23. The number of terminal acetylenes is 1. The maximum absolute atomic E-state index is 11.2. The normalized spacial score (nSPS) is 10.8. The third-order valence-corrected chi connectivity index (χ3v) is 2.39. The molecule has 0 heterocycles. The Hall–Kier alpha value is -1.38. The average Bonchev–Trinajstić information content (AvgIpc) is 2.48. The number of ether oxygens (including phenoxy) is 1. The molecule has 0 rings (SSSR count). The third kappa shape index (κ3) is 29.3. The summed E-state index contributed by atoms with van der Waals surface area (Å²) in [6.07, 6.45) is 9.62. The van der Waals surface area contributed by atoms with E-state index in [-0.39, 0.29) is 12.5 Å². The molecule has 3 nitrogen and oxygen atoms in total. The molecule has 0 aromatic rings. The van der Waals surface area contributed by atoms with Crippen LogP contribution >= 0.6 is 11.6 Å². The highest BCUT2D eigenvalue weighted by molar-refractivity contribution is 6.17. The number of alkyl halides is 3. The van der Waals surface area contributed by atoms with Crippen molar-refractivity contribution in [3.63, 3.8) is 0 Å². The molecule has 0 aliphatic carbocycles. The Labute approximate surface area is 143 Å². The maximum atomic E-state index is 11.2. The van der Waals surface area contributed by atoms with Crippen molar-refractivity contribution in [2.75, 3.05) is 19.1 Å². The third-order valence-electron chi connectivity index (χ3n) is 2.12. The number of halogens is 3. The summed E-state index contributed by atoms with van der Waals surface area (Å²) in [5.74, 6) is 1.78. The molecule has 1 atom stereocenters. The first-order chi connectivity index (χ1) is 10.9. The first kappa shape index (κ1) is 26.5. The maximum Gasteiger partial charge on any atom is 0.310 e. The van der Waals surface area contributed by atoms with Gasteiger partial charge in [0.25, 0.3) is 6.43 Å². The zero-order valence-electron chi connectivity index (χ0n) is 13.8. The molecule has 0 spiro atoms. The van der Waals surface area contributed by atoms with Gasteiger partial charge in [0.05, 0.1) is 12.5 Å². The summed E-state index contributed by atoms with van der Waals surface area (Å²) in [5.41, 5.74) is 0. The molecule has 23 heavy (non-hydrogen) atoms. The van der Waals surface area contributed by atoms with Gasteiger partial charge in [-0.15, -0.1) is 30.5 Å². The molecule has 0 aliphatic heterocycles. The Morgan fingerprint density at radius 2 is 2.04 bits per heavy atom. The van der Waals surface area contributed by atoms with E-state index in [9.17, 15) is 13.6 Å². The molecular formula is C17H27ClF2O3. The molecule has 0 aromatic heterocycles. The van der Waals surface area contributed by atoms with E-state index in [0.717, 1.165) is 12.8 Å². The van der Waals surface area contributed by atoms with E-state index in [1.165, 1.54) is 6.08 Å². The van der Waals surface area contributed by atoms with Gasteiger partial charge >= 0.3 is 5.97 Å². The molecule has 0 bridgehead atoms. The first-order valence-corrected chi connectivity index (χ1v) is 7.70. The van der Waals surface area contributed by atoms with Gasteiger partial charge in [0, 0.05) is 5.88 Å². The van der Waals surface area contributed by atoms with Crippen LogP contribution in [0.25, 0.3) is 0 Å². The lowest BCUT2D eigenvalue weighted by Crippen LogP contribution is -2.10. The summed E-state index contributed by atoms with van der Waals surface area (Å²) in [6, 6.07) is 0. The van der Waals surface area contributed by atoms with Crippen LogP contribution in [-0.2, 0) is 9.53 Å². The number of rotatable bonds is 10. The Kier molecular flexibility index (Phi) is 26.4. The Morgan fingerprint density at radius 3 is 2.39 bits per heavy atom. The fraction of sp³-hybridized carbons (Fsp3) is 0.588. The molecular weight excluding hydrogens is 326 g/mol. The second-order valence-corrected chi connectivity index (χ2v) is 4.54. The van der Waals surface area contributed by atoms with E-state index in [1.54, 1.807) is 19.1 Å². The number of carbonyl (C=O) groups is 1. The molecule has 134 valence electrons. The van der Waals surface area contributed by atoms with Crippen molar-refractivity contribution >= 4 is 17.6 Å². The molecule has 6 heteroatoms. The van der Waals surface area contributed by atoms with Gasteiger partial charge in [-0.1, -0.05) is 24.6 Å². The number of hydrogen-bond acceptors (Lipinski definition) is 2. The average molecular weight is 353 g/mol. The van der Waals surface area contributed by atoms with Crippen molar-refractivity contribution < 1.29 is 23.4 Å². The standard InChI is InChI=1S/C9H15ClO2.C5H8F2O.C3H4/c1-2-5-8(9(11)12)6-3-4-7-10;1-2-3-8-4-5(6)7;1-3-2/h2,5,8H,3-4,6-7H2,1H3,(H,11,12);2,5H,1,3-4H2;1H,2H3/b5-2+;;. The van der Waals surface area contributed by atoms with Gasteiger partial charge in [0.2, 0.25) is 0 Å². The lowest BCUT2D eigenvalue weighted by atomic mass is 10.0. The van der Waals surface area contributed by atoms with E-state index in [0.29, 0.717) is 12.3 Å². The summed E-state index contributed by atoms with van der Waals surface area (Å²) in [5, 5.41) is 8.72. The van der Waals surface area contributed by atoms with E-state index in [4.69, 9.17) is 16.7 Å². The highest BCUT2D eigenvalue weighted by Gasteiger charge is 2.11. The highest BCUT2D eigenvalue weighted by atomic mass is 35.5. The number of carboxylic acid groups (broad SMARTS) is 1. The van der Waals surface area contributed by atoms with Crippen LogP contribution in [0.15, 0.2) is 24.8 Å². The van der Waals surface area contributed by atoms with Gasteiger partial charge in [-0.3, -0.25) is 4.79 Å². The lowest BCUT2D eigenvalue weighted by molar-refractivity contribution is -0.140. The minimum atomic E-state index is -2.37. The second-order valence-electron chi connectivity index (χ2n) is 4.16. The van der Waals surface area contributed by atoms with Gasteiger partial charge in [-0.05, 0) is 26.7 Å². The molecule has 0 fully saturated rings. The summed E-state index contributed by atoms with van der Waals surface area (Å²) < 4.78 is 26.8. The van der Waals surface area contributed by atoms with Crippen LogP contribution in [0.5, 0.6) is 0 Å². The van der Waals surface area contributed by atoms with Gasteiger partial charge in [-0.25, -0.2) is 8.78 Å². The molecule has 0 aromatic carbocycles. The van der Waals surface area contributed by atoms with Gasteiger partial charge in [0.1, 0.15) is 6.61 Å². The number of carboxylic acids is 1. The zero-order valence-corrected chi connectivity index (χ0v) is 14.6. The van der Waals surface area contributed by atoms with Crippen molar-refractivity contribution in [1.29, 1.82) is 0 Å². The number of unbranched alkanes of at least 4 members (excludes halogenated alkanes) is 1. The summed E-state index contributed by atoms with van der Waals surface area (Å²) >= 11 is 5.48. The van der Waals surface area contributed by atoms with Crippen LogP contribution in [0, 0.1) is 18.3 Å². The monoisotopic (exact) mass is 352 g/mol. The van der Waals surface area contributed by atoms with Crippen LogP contribution in [-0.4, -0.2) is 36.6 Å². The van der Waals surface area contributed by atoms with Crippen molar-refractivity contribution in [2.24, 2.45) is 5.92 Å². The molecule has 0 saturated heterocycles. The molecule has 0 amide bonds. The minimum absolute atomic E-state index is 0.199. The number of allylic oxidation sites excluding steroid dienone is 1. The molecule has 0 aliphatic rings. The van der Waals surface area contributed by atoms with Crippen LogP contribution in [0.2, 0.25) is 0 Å². The molecule has 1 unspecified atom stereocenters. The highest BCUT2D eigenvalue weighted by Crippen LogP contribution is 2.10. The fourth-order valence-corrected chi connectivity index (χ4v) is 1.42. The largest absolute Gasteiger partial charge is 0.481 e. The zero-order chi connectivity index (χ0) is 18.5. The molecule has 0 radical (unpaired) electrons. The van der Waals surface area contributed by atoms with Crippen molar-refractivity contribution in [3.8, 4) is 12.3 Å². The van der Waals surface area contributed by atoms with E-state index in [1.807, 2.05) is 6.92 Å². The van der Waals surface area contributed by atoms with E-state index in [2.05, 4.69) is 23.7 Å². The van der Waals surface area contributed by atoms with Gasteiger partial charge < -0.3 is 9.84 Å². The van der Waals surface area contributed by atoms with Gasteiger partial charge in [-0.2, -0.15) is 0 Å². The second kappa shape index (κ2) is 22.9. The lowest BCUT2D eigenvalue weighted by Gasteiger charge is -2.05. The predicted molar refractivity (Wildman–Crippen MR) is 92.0 cm³/mol. The quantitative estimate of drug-likeness (QED) is 0.267.